The summed E-state index contributed by atoms with van der Waals surface area (Å²) in [7, 11) is 1.36. The predicted molar refractivity (Wildman–Crippen MR) is 64.0 cm³/mol. The van der Waals surface area contributed by atoms with Gasteiger partial charge in [-0.3, -0.25) is 4.79 Å². The fraction of sp³-hybridized carbons (Fsp3) is 0.182. The molecular weight excluding hydrogens is 249 g/mol. The number of carbonyl (C=O) groups is 1. The van der Waals surface area contributed by atoms with Crippen molar-refractivity contribution in [2.24, 2.45) is 0 Å². The van der Waals surface area contributed by atoms with E-state index in [0.29, 0.717) is 10.0 Å². The number of hydrogen-bond acceptors (Lipinski definition) is 2. The number of esters is 1. The Morgan fingerprint density at radius 2 is 2.19 bits per heavy atom. The standard InChI is InChI=1S/C11H9Cl2NO2/c1-16-11(15)6-14-3-2-8-9(13)4-7(12)5-10(8)14/h2-5H,6H2,1H3. The molecule has 16 heavy (non-hydrogen) atoms. The largest absolute Gasteiger partial charge is 0.468 e. The average molecular weight is 258 g/mol. The van der Waals surface area contributed by atoms with E-state index in [1.165, 1.54) is 7.11 Å². The van der Waals surface area contributed by atoms with Crippen LogP contribution in [0.1, 0.15) is 0 Å². The lowest BCUT2D eigenvalue weighted by atomic mass is 10.2. The zero-order valence-electron chi connectivity index (χ0n) is 8.54. The lowest BCUT2D eigenvalue weighted by Crippen LogP contribution is -2.10. The van der Waals surface area contributed by atoms with Crippen molar-refractivity contribution in [1.29, 1.82) is 0 Å². The van der Waals surface area contributed by atoms with Crippen LogP contribution in [0.25, 0.3) is 10.9 Å². The van der Waals surface area contributed by atoms with Gasteiger partial charge in [-0.15, -0.1) is 0 Å². The molecule has 0 aliphatic rings. The number of hydrogen-bond donors (Lipinski definition) is 0. The van der Waals surface area contributed by atoms with Crippen molar-refractivity contribution in [2.75, 3.05) is 7.11 Å². The number of aromatic nitrogens is 1. The zero-order chi connectivity index (χ0) is 11.7. The molecule has 3 nitrogen and oxygen atoms in total. The van der Waals surface area contributed by atoms with Gasteiger partial charge < -0.3 is 9.30 Å². The van der Waals surface area contributed by atoms with Gasteiger partial charge in [0.15, 0.2) is 0 Å². The Kier molecular flexibility index (Phi) is 3.08. The number of methoxy groups -OCH3 is 1. The van der Waals surface area contributed by atoms with Crippen LogP contribution in [-0.4, -0.2) is 17.6 Å². The van der Waals surface area contributed by atoms with Gasteiger partial charge >= 0.3 is 5.97 Å². The third-order valence-corrected chi connectivity index (χ3v) is 2.86. The number of halogens is 2. The molecule has 5 heteroatoms. The van der Waals surface area contributed by atoms with Crippen molar-refractivity contribution in [3.63, 3.8) is 0 Å². The van der Waals surface area contributed by atoms with Crippen LogP contribution >= 0.6 is 23.2 Å². The van der Waals surface area contributed by atoms with Crippen LogP contribution in [0.15, 0.2) is 24.4 Å². The molecule has 0 saturated carbocycles. The SMILES string of the molecule is COC(=O)Cn1ccc2c(Cl)cc(Cl)cc21. The quantitative estimate of drug-likeness (QED) is 0.775. The maximum absolute atomic E-state index is 11.2. The summed E-state index contributed by atoms with van der Waals surface area (Å²) in [6.07, 6.45) is 1.78. The summed E-state index contributed by atoms with van der Waals surface area (Å²) in [4.78, 5) is 11.2. The van der Waals surface area contributed by atoms with E-state index in [-0.39, 0.29) is 12.5 Å². The first-order valence-electron chi connectivity index (χ1n) is 4.62. The Labute approximate surface area is 103 Å². The highest BCUT2D eigenvalue weighted by molar-refractivity contribution is 6.38. The van der Waals surface area contributed by atoms with E-state index in [4.69, 9.17) is 23.2 Å². The fourth-order valence-corrected chi connectivity index (χ4v) is 2.11. The van der Waals surface area contributed by atoms with Crippen LogP contribution in [0.5, 0.6) is 0 Å². The first kappa shape index (κ1) is 11.3. The van der Waals surface area contributed by atoms with Gasteiger partial charge in [-0.2, -0.15) is 0 Å². The van der Waals surface area contributed by atoms with Gasteiger partial charge in [0.25, 0.3) is 0 Å². The van der Waals surface area contributed by atoms with Gasteiger partial charge in [0.2, 0.25) is 0 Å². The minimum absolute atomic E-state index is 0.149. The summed E-state index contributed by atoms with van der Waals surface area (Å²) in [5.74, 6) is -0.311. The zero-order valence-corrected chi connectivity index (χ0v) is 10.0. The Balaban J connectivity index is 2.51. The molecule has 0 spiro atoms. The third-order valence-electron chi connectivity index (χ3n) is 2.33. The molecular formula is C11H9Cl2NO2. The first-order valence-corrected chi connectivity index (χ1v) is 5.38. The van der Waals surface area contributed by atoms with E-state index in [1.807, 2.05) is 6.07 Å². The van der Waals surface area contributed by atoms with E-state index >= 15 is 0 Å². The molecule has 0 amide bonds. The Morgan fingerprint density at radius 3 is 2.88 bits per heavy atom. The molecule has 0 aliphatic heterocycles. The topological polar surface area (TPSA) is 31.2 Å². The summed E-state index contributed by atoms with van der Waals surface area (Å²) in [5.41, 5.74) is 0.822. The Bertz CT molecular complexity index is 548. The van der Waals surface area contributed by atoms with Crippen LogP contribution in [-0.2, 0) is 16.1 Å². The lowest BCUT2D eigenvalue weighted by molar-refractivity contribution is -0.141. The van der Waals surface area contributed by atoms with Crippen LogP contribution in [0.4, 0.5) is 0 Å². The molecule has 0 radical (unpaired) electrons. The van der Waals surface area contributed by atoms with E-state index in [9.17, 15) is 4.79 Å². The minimum atomic E-state index is -0.311. The molecule has 0 aliphatic carbocycles. The van der Waals surface area contributed by atoms with Crippen LogP contribution < -0.4 is 0 Å². The number of nitrogens with zero attached hydrogens (tertiary/aromatic N) is 1. The van der Waals surface area contributed by atoms with Crippen molar-refractivity contribution in [1.82, 2.24) is 4.57 Å². The van der Waals surface area contributed by atoms with Crippen molar-refractivity contribution in [3.8, 4) is 0 Å². The minimum Gasteiger partial charge on any atom is -0.468 e. The Hall–Kier alpha value is -1.19. The van der Waals surface area contributed by atoms with Gasteiger partial charge in [0.1, 0.15) is 6.54 Å². The van der Waals surface area contributed by atoms with Gasteiger partial charge in [0, 0.05) is 16.6 Å². The summed E-state index contributed by atoms with van der Waals surface area (Å²) < 4.78 is 6.36. The van der Waals surface area contributed by atoms with Gasteiger partial charge in [-0.1, -0.05) is 23.2 Å². The van der Waals surface area contributed by atoms with Crippen molar-refractivity contribution in [2.45, 2.75) is 6.54 Å². The van der Waals surface area contributed by atoms with Crippen LogP contribution in [0.3, 0.4) is 0 Å². The summed E-state index contributed by atoms with van der Waals surface area (Å²) in [5, 5.41) is 1.99. The summed E-state index contributed by atoms with van der Waals surface area (Å²) >= 11 is 11.9. The molecule has 0 unspecified atom stereocenters. The number of carbonyl (C=O) groups excluding carboxylic acids is 1. The molecule has 1 aromatic carbocycles. The van der Waals surface area contributed by atoms with Gasteiger partial charge in [-0.25, -0.2) is 0 Å². The van der Waals surface area contributed by atoms with E-state index < -0.39 is 0 Å². The normalized spacial score (nSPS) is 10.7. The van der Waals surface area contributed by atoms with Gasteiger partial charge in [0.05, 0.1) is 17.6 Å². The molecule has 0 fully saturated rings. The highest BCUT2D eigenvalue weighted by Crippen LogP contribution is 2.28. The van der Waals surface area contributed by atoms with Crippen molar-refractivity contribution in [3.05, 3.63) is 34.4 Å². The summed E-state index contributed by atoms with van der Waals surface area (Å²) in [6, 6.07) is 5.29. The molecule has 0 N–H and O–H groups in total. The van der Waals surface area contributed by atoms with Crippen molar-refractivity contribution < 1.29 is 9.53 Å². The van der Waals surface area contributed by atoms with E-state index in [1.54, 1.807) is 22.9 Å². The maximum Gasteiger partial charge on any atom is 0.325 e. The Morgan fingerprint density at radius 1 is 1.44 bits per heavy atom. The second-order valence-corrected chi connectivity index (χ2v) is 4.18. The monoisotopic (exact) mass is 257 g/mol. The fourth-order valence-electron chi connectivity index (χ4n) is 1.56. The molecule has 0 bridgehead atoms. The van der Waals surface area contributed by atoms with Crippen LogP contribution in [0, 0.1) is 0 Å². The third kappa shape index (κ3) is 2.01. The first-order chi connectivity index (χ1) is 7.61. The molecule has 2 aromatic rings. The molecule has 2 rings (SSSR count). The maximum atomic E-state index is 11.2. The second-order valence-electron chi connectivity index (χ2n) is 3.34. The molecule has 1 aromatic heterocycles. The number of fused-ring (bicyclic) bond motifs is 1. The summed E-state index contributed by atoms with van der Waals surface area (Å²) in [6.45, 7) is 0.149. The molecule has 0 atom stereocenters. The lowest BCUT2D eigenvalue weighted by Gasteiger charge is -2.04. The highest BCUT2D eigenvalue weighted by Gasteiger charge is 2.09. The predicted octanol–water partition coefficient (Wildman–Crippen LogP) is 3.12. The molecule has 0 saturated heterocycles. The average Bonchev–Trinajstić information content (AvgIpc) is 2.61. The number of benzene rings is 1. The number of ether oxygens (including phenoxy) is 1. The van der Waals surface area contributed by atoms with Crippen molar-refractivity contribution >= 4 is 40.1 Å². The molecule has 1 heterocycles. The van der Waals surface area contributed by atoms with Crippen LogP contribution in [0.2, 0.25) is 10.0 Å². The van der Waals surface area contributed by atoms with E-state index in [2.05, 4.69) is 4.74 Å². The molecule has 84 valence electrons. The highest BCUT2D eigenvalue weighted by atomic mass is 35.5. The van der Waals surface area contributed by atoms with E-state index in [0.717, 1.165) is 10.9 Å². The smallest absolute Gasteiger partial charge is 0.325 e. The second kappa shape index (κ2) is 4.36. The number of rotatable bonds is 2. The van der Waals surface area contributed by atoms with Gasteiger partial charge in [-0.05, 0) is 18.2 Å².